The molecule has 1 nitrogen and oxygen atoms in total. The number of aryl methyl sites for hydroxylation is 1. The highest BCUT2D eigenvalue weighted by molar-refractivity contribution is 6.12. The second-order valence-corrected chi connectivity index (χ2v) is 6.10. The molecule has 1 heteroatoms. The average molecular weight is 293 g/mol. The molecule has 3 aromatic carbocycles. The Bertz CT molecular complexity index is 1020. The number of nitrogens with zero attached hydrogens (tertiary/aromatic N) is 1. The van der Waals surface area contributed by atoms with Gasteiger partial charge in [-0.25, -0.2) is 0 Å². The lowest BCUT2D eigenvalue weighted by molar-refractivity contribution is 1.35. The van der Waals surface area contributed by atoms with Gasteiger partial charge in [-0.2, -0.15) is 0 Å². The van der Waals surface area contributed by atoms with E-state index in [4.69, 9.17) is 4.98 Å². The van der Waals surface area contributed by atoms with E-state index in [1.54, 1.807) is 0 Å². The van der Waals surface area contributed by atoms with Gasteiger partial charge in [0.1, 0.15) is 0 Å². The van der Waals surface area contributed by atoms with E-state index in [0.29, 0.717) is 0 Å². The molecule has 1 aliphatic rings. The Kier molecular flexibility index (Phi) is 2.48. The van der Waals surface area contributed by atoms with E-state index >= 15 is 0 Å². The first kappa shape index (κ1) is 12.6. The molecule has 0 amide bonds. The summed E-state index contributed by atoms with van der Waals surface area (Å²) in [4.78, 5) is 4.76. The fraction of sp³-hybridized carbons (Fsp3) is 0.0455. The van der Waals surface area contributed by atoms with E-state index in [9.17, 15) is 0 Å². The summed E-state index contributed by atoms with van der Waals surface area (Å²) < 4.78 is 0. The monoisotopic (exact) mass is 293 g/mol. The zero-order valence-electron chi connectivity index (χ0n) is 12.9. The Balaban J connectivity index is 2.10. The lowest BCUT2D eigenvalue weighted by Crippen LogP contribution is -1.89. The van der Waals surface area contributed by atoms with Gasteiger partial charge in [0.05, 0.1) is 5.69 Å². The lowest BCUT2D eigenvalue weighted by Gasteiger charge is -2.11. The van der Waals surface area contributed by atoms with E-state index in [-0.39, 0.29) is 0 Å². The van der Waals surface area contributed by atoms with E-state index < -0.39 is 0 Å². The van der Waals surface area contributed by atoms with Gasteiger partial charge in [-0.3, -0.25) is 4.98 Å². The number of hydrogen-bond acceptors (Lipinski definition) is 1. The minimum absolute atomic E-state index is 1.09. The summed E-state index contributed by atoms with van der Waals surface area (Å²) in [6.07, 6.45) is 1.93. The first-order valence-electron chi connectivity index (χ1n) is 7.92. The van der Waals surface area contributed by atoms with E-state index in [2.05, 4.69) is 73.7 Å². The fourth-order valence-corrected chi connectivity index (χ4v) is 3.75. The third-order valence-corrected chi connectivity index (χ3v) is 4.83. The standard InChI is InChI=1S/C22H15N/c1-14-10-11-19-17-7-3-2-6-16(17)18-8-4-5-9-20(18)22-21(19)15(14)12-13-23-22/h2-13H,1H3. The number of hydrogen-bond donors (Lipinski definition) is 0. The van der Waals surface area contributed by atoms with Crippen molar-refractivity contribution in [1.82, 2.24) is 4.98 Å². The molecule has 0 bridgehead atoms. The molecule has 0 spiro atoms. The highest BCUT2D eigenvalue weighted by atomic mass is 14.7. The maximum Gasteiger partial charge on any atom is 0.0792 e. The van der Waals surface area contributed by atoms with Crippen molar-refractivity contribution in [3.8, 4) is 33.5 Å². The number of fused-ring (bicyclic) bond motifs is 5. The topological polar surface area (TPSA) is 12.9 Å². The average Bonchev–Trinajstić information content (AvgIpc) is 2.73. The normalized spacial score (nSPS) is 11.7. The summed E-state index contributed by atoms with van der Waals surface area (Å²) in [6.45, 7) is 2.17. The van der Waals surface area contributed by atoms with Crippen molar-refractivity contribution in [2.24, 2.45) is 0 Å². The molecular weight excluding hydrogens is 278 g/mol. The van der Waals surface area contributed by atoms with Crippen LogP contribution in [0.5, 0.6) is 0 Å². The van der Waals surface area contributed by atoms with Crippen molar-refractivity contribution in [3.63, 3.8) is 0 Å². The van der Waals surface area contributed by atoms with Crippen molar-refractivity contribution < 1.29 is 0 Å². The summed E-state index contributed by atoms with van der Waals surface area (Å²) >= 11 is 0. The minimum atomic E-state index is 1.09. The number of pyridine rings is 1. The molecule has 0 unspecified atom stereocenters. The van der Waals surface area contributed by atoms with Crippen LogP contribution in [0.1, 0.15) is 5.56 Å². The van der Waals surface area contributed by atoms with Crippen LogP contribution in [0.25, 0.3) is 44.3 Å². The van der Waals surface area contributed by atoms with Crippen molar-refractivity contribution in [3.05, 3.63) is 78.5 Å². The minimum Gasteiger partial charge on any atom is -0.256 e. The van der Waals surface area contributed by atoms with Crippen molar-refractivity contribution in [2.75, 3.05) is 0 Å². The highest BCUT2D eigenvalue weighted by Gasteiger charge is 2.21. The quantitative estimate of drug-likeness (QED) is 0.348. The zero-order valence-corrected chi connectivity index (χ0v) is 12.9. The Morgan fingerprint density at radius 1 is 0.609 bits per heavy atom. The molecule has 108 valence electrons. The van der Waals surface area contributed by atoms with Crippen LogP contribution in [0.15, 0.2) is 72.9 Å². The predicted octanol–water partition coefficient (Wildman–Crippen LogP) is 5.86. The smallest absolute Gasteiger partial charge is 0.0792 e. The molecule has 1 heterocycles. The number of rotatable bonds is 0. The number of benzene rings is 3. The van der Waals surface area contributed by atoms with Gasteiger partial charge in [0.25, 0.3) is 0 Å². The maximum atomic E-state index is 4.76. The molecule has 0 radical (unpaired) electrons. The lowest BCUT2D eigenvalue weighted by atomic mass is 9.93. The largest absolute Gasteiger partial charge is 0.256 e. The van der Waals surface area contributed by atoms with Crippen molar-refractivity contribution in [1.29, 1.82) is 0 Å². The van der Waals surface area contributed by atoms with E-state index in [1.165, 1.54) is 44.2 Å². The summed E-state index contributed by atoms with van der Waals surface area (Å²) in [5.74, 6) is 0. The summed E-state index contributed by atoms with van der Waals surface area (Å²) in [5.41, 5.74) is 8.72. The summed E-state index contributed by atoms with van der Waals surface area (Å²) in [5, 5.41) is 2.56. The summed E-state index contributed by atoms with van der Waals surface area (Å²) in [7, 11) is 0. The molecule has 1 aliphatic carbocycles. The Labute approximate surface area is 135 Å². The fourth-order valence-electron chi connectivity index (χ4n) is 3.75. The molecule has 5 rings (SSSR count). The highest BCUT2D eigenvalue weighted by Crippen LogP contribution is 2.46. The van der Waals surface area contributed by atoms with E-state index in [0.717, 1.165) is 5.69 Å². The van der Waals surface area contributed by atoms with E-state index in [1.807, 2.05) is 6.20 Å². The SMILES string of the molecule is Cc1ccc2c3c(nccc13)-c1ccccc1-c1ccccc1-2. The molecule has 1 aromatic heterocycles. The molecule has 0 aliphatic heterocycles. The van der Waals surface area contributed by atoms with Crippen LogP contribution in [-0.4, -0.2) is 4.98 Å². The molecule has 23 heavy (non-hydrogen) atoms. The van der Waals surface area contributed by atoms with Gasteiger partial charge >= 0.3 is 0 Å². The van der Waals surface area contributed by atoms with Gasteiger partial charge in [0.2, 0.25) is 0 Å². The van der Waals surface area contributed by atoms with Crippen LogP contribution in [0, 0.1) is 6.92 Å². The van der Waals surface area contributed by atoms with Gasteiger partial charge in [-0.15, -0.1) is 0 Å². The first-order valence-corrected chi connectivity index (χ1v) is 7.92. The molecule has 0 atom stereocenters. The Morgan fingerprint density at radius 3 is 1.96 bits per heavy atom. The Morgan fingerprint density at radius 2 is 1.22 bits per heavy atom. The van der Waals surface area contributed by atoms with Gasteiger partial charge in [-0.05, 0) is 46.2 Å². The number of aromatic nitrogens is 1. The van der Waals surface area contributed by atoms with Gasteiger partial charge in [-0.1, -0.05) is 60.7 Å². The molecule has 0 N–H and O–H groups in total. The van der Waals surface area contributed by atoms with Crippen LogP contribution in [0.2, 0.25) is 0 Å². The van der Waals surface area contributed by atoms with Crippen LogP contribution in [0.4, 0.5) is 0 Å². The summed E-state index contributed by atoms with van der Waals surface area (Å²) in [6, 6.07) is 23.9. The van der Waals surface area contributed by atoms with Crippen molar-refractivity contribution >= 4 is 10.8 Å². The first-order chi connectivity index (χ1) is 11.3. The molecular formula is C22H15N. The van der Waals surface area contributed by atoms with Gasteiger partial charge in [0, 0.05) is 17.1 Å². The van der Waals surface area contributed by atoms with Crippen LogP contribution in [-0.2, 0) is 0 Å². The van der Waals surface area contributed by atoms with Crippen LogP contribution < -0.4 is 0 Å². The van der Waals surface area contributed by atoms with Crippen LogP contribution in [0.3, 0.4) is 0 Å². The molecule has 0 saturated heterocycles. The second kappa shape index (κ2) is 4.53. The molecule has 4 aromatic rings. The Hall–Kier alpha value is -2.93. The predicted molar refractivity (Wildman–Crippen MR) is 96.3 cm³/mol. The van der Waals surface area contributed by atoms with Crippen molar-refractivity contribution in [2.45, 2.75) is 6.92 Å². The van der Waals surface area contributed by atoms with Gasteiger partial charge in [0.15, 0.2) is 0 Å². The second-order valence-electron chi connectivity index (χ2n) is 6.10. The third-order valence-electron chi connectivity index (χ3n) is 4.83. The van der Waals surface area contributed by atoms with Crippen LogP contribution >= 0.6 is 0 Å². The van der Waals surface area contributed by atoms with Gasteiger partial charge < -0.3 is 0 Å². The molecule has 0 saturated carbocycles. The molecule has 0 fully saturated rings. The maximum absolute atomic E-state index is 4.76. The zero-order chi connectivity index (χ0) is 15.4. The third kappa shape index (κ3) is 1.65.